The molecule has 0 saturated carbocycles. The largest absolute Gasteiger partial charge is 0.448 e. The fourth-order valence-corrected chi connectivity index (χ4v) is 6.37. The molecule has 35 heavy (non-hydrogen) atoms. The van der Waals surface area contributed by atoms with Gasteiger partial charge in [0.1, 0.15) is 6.61 Å². The number of carbonyl (C=O) groups excluding carboxylic acids is 1. The molecule has 1 amide bonds. The zero-order valence-electron chi connectivity index (χ0n) is 19.2. The summed E-state index contributed by atoms with van der Waals surface area (Å²) >= 11 is 0. The lowest BCUT2D eigenvalue weighted by Crippen LogP contribution is -2.52. The summed E-state index contributed by atoms with van der Waals surface area (Å²) in [5, 5.41) is 11.4. The minimum absolute atomic E-state index is 0.000856. The Morgan fingerprint density at radius 2 is 1.46 bits per heavy atom. The molecule has 2 fully saturated rings. The first-order valence-corrected chi connectivity index (χ1v) is 12.2. The molecule has 3 aromatic carbocycles. The van der Waals surface area contributed by atoms with Crippen LogP contribution in [0.5, 0.6) is 0 Å². The van der Waals surface area contributed by atoms with Crippen molar-refractivity contribution in [1.82, 2.24) is 4.90 Å². The summed E-state index contributed by atoms with van der Waals surface area (Å²) in [6.45, 7) is 0.266. The maximum Gasteiger partial charge on any atom is 0.410 e. The van der Waals surface area contributed by atoms with Crippen molar-refractivity contribution in [2.75, 3.05) is 6.61 Å². The fraction of sp³-hybridized carbons (Fsp3) is 0.345. The van der Waals surface area contributed by atoms with E-state index in [1.807, 2.05) is 24.3 Å². The lowest BCUT2D eigenvalue weighted by molar-refractivity contribution is -0.0531. The third-order valence-electron chi connectivity index (χ3n) is 8.01. The highest BCUT2D eigenvalue weighted by Gasteiger charge is 2.50. The second-order valence-corrected chi connectivity index (χ2v) is 9.96. The molecule has 2 heterocycles. The van der Waals surface area contributed by atoms with Crippen LogP contribution in [-0.4, -0.2) is 34.8 Å². The Morgan fingerprint density at radius 3 is 2.00 bits per heavy atom. The van der Waals surface area contributed by atoms with Crippen molar-refractivity contribution in [1.29, 1.82) is 0 Å². The highest BCUT2D eigenvalue weighted by molar-refractivity contribution is 5.79. The number of alkyl halides is 2. The molecule has 2 atom stereocenters. The number of halogens is 2. The average Bonchev–Trinajstić information content (AvgIpc) is 3.34. The predicted molar refractivity (Wildman–Crippen MR) is 128 cm³/mol. The minimum Gasteiger partial charge on any atom is -0.448 e. The number of benzene rings is 3. The summed E-state index contributed by atoms with van der Waals surface area (Å²) in [5.74, 6) is -0.000856. The van der Waals surface area contributed by atoms with Crippen LogP contribution >= 0.6 is 0 Å². The van der Waals surface area contributed by atoms with Gasteiger partial charge in [-0.3, -0.25) is 0 Å². The molecule has 2 bridgehead atoms. The predicted octanol–water partition coefficient (Wildman–Crippen LogP) is 6.39. The fourth-order valence-electron chi connectivity index (χ4n) is 6.37. The van der Waals surface area contributed by atoms with E-state index in [9.17, 15) is 18.7 Å². The SMILES string of the molecule is O=C(OCC1c2ccccc2-c2ccccc21)N1C2CCC1CC(O)(c1ccc(C(F)F)cc1)C2. The Bertz CT molecular complexity index is 1200. The summed E-state index contributed by atoms with van der Waals surface area (Å²) < 4.78 is 31.8. The van der Waals surface area contributed by atoms with Gasteiger partial charge in [0.2, 0.25) is 0 Å². The topological polar surface area (TPSA) is 49.8 Å². The number of fused-ring (bicyclic) bond motifs is 5. The molecule has 6 rings (SSSR count). The molecule has 0 radical (unpaired) electrons. The van der Waals surface area contributed by atoms with E-state index in [4.69, 9.17) is 4.74 Å². The molecule has 2 unspecified atom stereocenters. The third kappa shape index (κ3) is 3.71. The van der Waals surface area contributed by atoms with Crippen molar-refractivity contribution < 1.29 is 23.4 Å². The molecule has 2 aliphatic heterocycles. The van der Waals surface area contributed by atoms with Crippen LogP contribution in [0.3, 0.4) is 0 Å². The number of hydrogen-bond donors (Lipinski definition) is 1. The second-order valence-electron chi connectivity index (χ2n) is 9.96. The first kappa shape index (κ1) is 22.2. The summed E-state index contributed by atoms with van der Waals surface area (Å²) in [4.78, 5) is 15.0. The molecular formula is C29H27F2NO3. The van der Waals surface area contributed by atoms with Gasteiger partial charge in [0, 0.05) is 36.4 Å². The first-order valence-electron chi connectivity index (χ1n) is 12.2. The number of carbonyl (C=O) groups is 1. The Morgan fingerprint density at radius 1 is 0.914 bits per heavy atom. The quantitative estimate of drug-likeness (QED) is 0.476. The maximum atomic E-state index is 13.2. The van der Waals surface area contributed by atoms with E-state index in [1.54, 1.807) is 17.0 Å². The van der Waals surface area contributed by atoms with E-state index < -0.39 is 12.0 Å². The van der Waals surface area contributed by atoms with Gasteiger partial charge in [-0.15, -0.1) is 0 Å². The van der Waals surface area contributed by atoms with Gasteiger partial charge in [-0.25, -0.2) is 13.6 Å². The van der Waals surface area contributed by atoms with E-state index >= 15 is 0 Å². The Labute approximate surface area is 203 Å². The standard InChI is InChI=1S/C29H27F2NO3/c30-27(31)18-9-11-19(12-10-18)29(34)15-20-13-14-21(16-29)32(20)28(33)35-17-26-24-7-3-1-5-22(24)23-6-2-4-8-25(23)26/h1-12,20-21,26-27,34H,13-17H2. The summed E-state index contributed by atoms with van der Waals surface area (Å²) in [5.41, 5.74) is 4.15. The van der Waals surface area contributed by atoms with Crippen LogP contribution < -0.4 is 0 Å². The molecule has 1 aliphatic carbocycles. The van der Waals surface area contributed by atoms with Crippen LogP contribution in [0.2, 0.25) is 0 Å². The smallest absolute Gasteiger partial charge is 0.410 e. The van der Waals surface area contributed by atoms with Gasteiger partial charge in [-0.2, -0.15) is 0 Å². The molecule has 180 valence electrons. The molecule has 0 aromatic heterocycles. The molecule has 1 N–H and O–H groups in total. The lowest BCUT2D eigenvalue weighted by Gasteiger charge is -2.43. The van der Waals surface area contributed by atoms with E-state index in [-0.39, 0.29) is 36.3 Å². The van der Waals surface area contributed by atoms with Crippen LogP contribution in [-0.2, 0) is 10.3 Å². The average molecular weight is 476 g/mol. The van der Waals surface area contributed by atoms with Crippen molar-refractivity contribution in [3.63, 3.8) is 0 Å². The van der Waals surface area contributed by atoms with E-state index in [0.717, 1.165) is 12.8 Å². The number of ether oxygens (including phenoxy) is 1. The van der Waals surface area contributed by atoms with E-state index in [2.05, 4.69) is 24.3 Å². The number of amides is 1. The first-order chi connectivity index (χ1) is 16.9. The van der Waals surface area contributed by atoms with Gasteiger partial charge in [0.15, 0.2) is 0 Å². The molecule has 3 aliphatic rings. The number of nitrogens with zero attached hydrogens (tertiary/aromatic N) is 1. The van der Waals surface area contributed by atoms with Gasteiger partial charge in [0.25, 0.3) is 6.43 Å². The molecule has 3 aromatic rings. The zero-order chi connectivity index (χ0) is 24.2. The van der Waals surface area contributed by atoms with Crippen LogP contribution in [0, 0.1) is 0 Å². The van der Waals surface area contributed by atoms with Gasteiger partial charge in [0.05, 0.1) is 5.60 Å². The summed E-state index contributed by atoms with van der Waals surface area (Å²) in [6, 6.07) is 22.1. The minimum atomic E-state index is -2.54. The Hall–Kier alpha value is -3.25. The van der Waals surface area contributed by atoms with Crippen LogP contribution in [0.1, 0.15) is 60.3 Å². The normalized spacial score (nSPS) is 25.0. The van der Waals surface area contributed by atoms with Crippen molar-refractivity contribution in [2.45, 2.75) is 55.7 Å². The number of rotatable bonds is 4. The number of piperidine rings is 1. The van der Waals surface area contributed by atoms with Crippen molar-refractivity contribution in [2.24, 2.45) is 0 Å². The monoisotopic (exact) mass is 475 g/mol. The molecule has 2 saturated heterocycles. The van der Waals surface area contributed by atoms with Gasteiger partial charge in [-0.1, -0.05) is 72.8 Å². The van der Waals surface area contributed by atoms with Crippen molar-refractivity contribution >= 4 is 6.09 Å². The van der Waals surface area contributed by atoms with Crippen LogP contribution in [0.15, 0.2) is 72.8 Å². The van der Waals surface area contributed by atoms with Crippen LogP contribution in [0.4, 0.5) is 13.6 Å². The van der Waals surface area contributed by atoms with E-state index in [0.29, 0.717) is 18.4 Å². The third-order valence-corrected chi connectivity index (χ3v) is 8.01. The van der Waals surface area contributed by atoms with Gasteiger partial charge < -0.3 is 14.7 Å². The molecule has 6 heteroatoms. The van der Waals surface area contributed by atoms with Gasteiger partial charge in [-0.05, 0) is 40.7 Å². The second kappa shape index (κ2) is 8.45. The van der Waals surface area contributed by atoms with Crippen molar-refractivity contribution in [3.05, 3.63) is 95.1 Å². The number of aliphatic hydroxyl groups is 1. The summed E-state index contributed by atoms with van der Waals surface area (Å²) in [7, 11) is 0. The van der Waals surface area contributed by atoms with E-state index in [1.165, 1.54) is 34.4 Å². The lowest BCUT2D eigenvalue weighted by atomic mass is 9.80. The van der Waals surface area contributed by atoms with Gasteiger partial charge >= 0.3 is 6.09 Å². The van der Waals surface area contributed by atoms with Crippen molar-refractivity contribution in [3.8, 4) is 11.1 Å². The molecule has 0 spiro atoms. The molecular weight excluding hydrogens is 448 g/mol. The summed E-state index contributed by atoms with van der Waals surface area (Å²) in [6.07, 6.45) is -0.526. The van der Waals surface area contributed by atoms with Crippen LogP contribution in [0.25, 0.3) is 11.1 Å². The maximum absolute atomic E-state index is 13.2. The Kier molecular flexibility index (Phi) is 5.37. The number of hydrogen-bond acceptors (Lipinski definition) is 3. The zero-order valence-corrected chi connectivity index (χ0v) is 19.2. The molecule has 4 nitrogen and oxygen atoms in total. The Balaban J connectivity index is 1.17. The highest BCUT2D eigenvalue weighted by atomic mass is 19.3. The highest BCUT2D eigenvalue weighted by Crippen LogP contribution is 2.47.